The van der Waals surface area contributed by atoms with Gasteiger partial charge < -0.3 is 9.84 Å². The number of hydrogen-bond donors (Lipinski definition) is 1. The lowest BCUT2D eigenvalue weighted by Crippen LogP contribution is -2.28. The zero-order valence-corrected chi connectivity index (χ0v) is 14.7. The number of hydrogen-bond acceptors (Lipinski definition) is 2. The van der Waals surface area contributed by atoms with Crippen LogP contribution < -0.4 is 4.74 Å². The number of rotatable bonds is 12. The molecule has 0 fully saturated rings. The van der Waals surface area contributed by atoms with E-state index in [1.807, 2.05) is 6.07 Å². The van der Waals surface area contributed by atoms with Crippen LogP contribution in [0.3, 0.4) is 0 Å². The summed E-state index contributed by atoms with van der Waals surface area (Å²) >= 11 is 0. The maximum absolute atomic E-state index is 10.8. The van der Waals surface area contributed by atoms with Crippen LogP contribution in [0, 0.1) is 0 Å². The van der Waals surface area contributed by atoms with Crippen molar-refractivity contribution in [2.45, 2.75) is 84.2 Å². The van der Waals surface area contributed by atoms with Gasteiger partial charge in [0.25, 0.3) is 0 Å². The molecule has 0 radical (unpaired) electrons. The summed E-state index contributed by atoms with van der Waals surface area (Å²) in [6, 6.07) is 8.38. The van der Waals surface area contributed by atoms with Crippen LogP contribution in [-0.2, 0) is 6.42 Å². The Morgan fingerprint density at radius 3 is 2.41 bits per heavy atom. The van der Waals surface area contributed by atoms with Crippen molar-refractivity contribution in [2.75, 3.05) is 6.61 Å². The summed E-state index contributed by atoms with van der Waals surface area (Å²) < 4.78 is 5.69. The molecule has 0 saturated carbocycles. The number of unbranched alkanes of at least 4 members (excludes halogenated alkanes) is 1. The van der Waals surface area contributed by atoms with Crippen LogP contribution in [0.15, 0.2) is 24.3 Å². The first-order valence-corrected chi connectivity index (χ1v) is 9.07. The lowest BCUT2D eigenvalue weighted by molar-refractivity contribution is 0.00986. The minimum Gasteiger partial charge on any atom is -0.494 e. The first kappa shape index (κ1) is 19.0. The predicted molar refractivity (Wildman–Crippen MR) is 94.5 cm³/mol. The van der Waals surface area contributed by atoms with E-state index in [4.69, 9.17) is 4.74 Å². The molecule has 1 atom stereocenters. The lowest BCUT2D eigenvalue weighted by Gasteiger charge is -2.28. The zero-order valence-electron chi connectivity index (χ0n) is 14.7. The Morgan fingerprint density at radius 1 is 0.955 bits per heavy atom. The minimum absolute atomic E-state index is 0.457. The van der Waals surface area contributed by atoms with Crippen molar-refractivity contribution in [3.8, 4) is 5.75 Å². The summed E-state index contributed by atoms with van der Waals surface area (Å²) in [5, 5.41) is 10.8. The van der Waals surface area contributed by atoms with Gasteiger partial charge in [0.1, 0.15) is 5.75 Å². The molecular formula is C20H34O2. The third kappa shape index (κ3) is 7.31. The third-order valence-corrected chi connectivity index (χ3v) is 4.19. The molecule has 0 heterocycles. The lowest BCUT2D eigenvalue weighted by atomic mass is 9.86. The molecule has 0 amide bonds. The maximum Gasteiger partial charge on any atom is 0.119 e. The summed E-state index contributed by atoms with van der Waals surface area (Å²) in [5.41, 5.74) is 0.851. The van der Waals surface area contributed by atoms with Gasteiger partial charge in [0.2, 0.25) is 0 Å². The second kappa shape index (κ2) is 10.7. The Hall–Kier alpha value is -1.02. The highest BCUT2D eigenvalue weighted by molar-refractivity contribution is 5.28. The van der Waals surface area contributed by atoms with Crippen molar-refractivity contribution in [3.05, 3.63) is 29.8 Å². The smallest absolute Gasteiger partial charge is 0.119 e. The fourth-order valence-corrected chi connectivity index (χ4v) is 2.98. The average Bonchev–Trinajstić information content (AvgIpc) is 2.52. The van der Waals surface area contributed by atoms with Gasteiger partial charge in [-0.2, -0.15) is 0 Å². The van der Waals surface area contributed by atoms with E-state index in [-0.39, 0.29) is 0 Å². The molecule has 0 aliphatic rings. The number of aliphatic hydroxyl groups is 1. The molecule has 1 rings (SSSR count). The molecule has 0 spiro atoms. The van der Waals surface area contributed by atoms with Crippen LogP contribution in [0.2, 0.25) is 0 Å². The zero-order chi connectivity index (χ0) is 16.3. The van der Waals surface area contributed by atoms with Crippen molar-refractivity contribution in [2.24, 2.45) is 0 Å². The van der Waals surface area contributed by atoms with Crippen molar-refractivity contribution in [1.82, 2.24) is 0 Å². The highest BCUT2D eigenvalue weighted by Crippen LogP contribution is 2.27. The quantitative estimate of drug-likeness (QED) is 0.551. The van der Waals surface area contributed by atoms with Crippen LogP contribution in [-0.4, -0.2) is 17.3 Å². The van der Waals surface area contributed by atoms with E-state index in [0.29, 0.717) is 0 Å². The summed E-state index contributed by atoms with van der Waals surface area (Å²) in [6.45, 7) is 7.24. The Kier molecular flexibility index (Phi) is 9.22. The van der Waals surface area contributed by atoms with Gasteiger partial charge in [0.05, 0.1) is 12.2 Å². The fraction of sp³-hybridized carbons (Fsp3) is 0.700. The van der Waals surface area contributed by atoms with Gasteiger partial charge in [-0.05, 0) is 56.2 Å². The molecule has 1 unspecified atom stereocenters. The van der Waals surface area contributed by atoms with Crippen molar-refractivity contribution < 1.29 is 9.84 Å². The van der Waals surface area contributed by atoms with Crippen LogP contribution in [0.25, 0.3) is 0 Å². The van der Waals surface area contributed by atoms with E-state index in [9.17, 15) is 5.11 Å². The Morgan fingerprint density at radius 2 is 1.73 bits per heavy atom. The summed E-state index contributed by atoms with van der Waals surface area (Å²) in [5.74, 6) is 0.967. The standard InChI is InChI=1S/C20H34O2/c1-4-7-14-20(21,13-5-2)15-9-11-18-10-8-12-19(17-18)22-16-6-3/h8,10,12,17,21H,4-7,9,11,13-16H2,1-3H3. The highest BCUT2D eigenvalue weighted by Gasteiger charge is 2.24. The van der Waals surface area contributed by atoms with E-state index >= 15 is 0 Å². The topological polar surface area (TPSA) is 29.5 Å². The fourth-order valence-electron chi connectivity index (χ4n) is 2.98. The molecule has 0 aliphatic carbocycles. The van der Waals surface area contributed by atoms with Gasteiger partial charge in [-0.25, -0.2) is 0 Å². The van der Waals surface area contributed by atoms with E-state index in [0.717, 1.165) is 70.1 Å². The molecule has 2 nitrogen and oxygen atoms in total. The van der Waals surface area contributed by atoms with Gasteiger partial charge in [-0.3, -0.25) is 0 Å². The normalized spacial score (nSPS) is 13.8. The molecule has 0 aliphatic heterocycles. The molecule has 1 aromatic rings. The van der Waals surface area contributed by atoms with Gasteiger partial charge in [-0.15, -0.1) is 0 Å². The molecule has 22 heavy (non-hydrogen) atoms. The number of aryl methyl sites for hydroxylation is 1. The van der Waals surface area contributed by atoms with Gasteiger partial charge in [-0.1, -0.05) is 52.2 Å². The van der Waals surface area contributed by atoms with E-state index in [1.54, 1.807) is 0 Å². The predicted octanol–water partition coefficient (Wildman–Crippen LogP) is 5.52. The largest absolute Gasteiger partial charge is 0.494 e. The van der Waals surface area contributed by atoms with E-state index in [1.165, 1.54) is 5.56 Å². The first-order valence-electron chi connectivity index (χ1n) is 9.07. The summed E-state index contributed by atoms with van der Waals surface area (Å²) in [7, 11) is 0. The molecule has 1 aromatic carbocycles. The molecule has 0 aromatic heterocycles. The molecule has 0 bridgehead atoms. The van der Waals surface area contributed by atoms with Crippen molar-refractivity contribution in [1.29, 1.82) is 0 Å². The average molecular weight is 306 g/mol. The molecule has 1 N–H and O–H groups in total. The van der Waals surface area contributed by atoms with Crippen molar-refractivity contribution >= 4 is 0 Å². The van der Waals surface area contributed by atoms with Crippen LogP contribution in [0.1, 0.15) is 77.7 Å². The monoisotopic (exact) mass is 306 g/mol. The maximum atomic E-state index is 10.8. The molecule has 126 valence electrons. The summed E-state index contributed by atoms with van der Waals surface area (Å²) in [4.78, 5) is 0. The van der Waals surface area contributed by atoms with Gasteiger partial charge in [0.15, 0.2) is 0 Å². The van der Waals surface area contributed by atoms with Crippen LogP contribution in [0.5, 0.6) is 5.75 Å². The molecule has 0 saturated heterocycles. The second-order valence-electron chi connectivity index (χ2n) is 6.43. The second-order valence-corrected chi connectivity index (χ2v) is 6.43. The highest BCUT2D eigenvalue weighted by atomic mass is 16.5. The Labute approximate surface area is 136 Å². The molecule has 2 heteroatoms. The van der Waals surface area contributed by atoms with Crippen LogP contribution >= 0.6 is 0 Å². The third-order valence-electron chi connectivity index (χ3n) is 4.19. The minimum atomic E-state index is -0.457. The number of benzene rings is 1. The first-order chi connectivity index (χ1) is 10.6. The number of ether oxygens (including phenoxy) is 1. The van der Waals surface area contributed by atoms with Gasteiger partial charge in [0, 0.05) is 0 Å². The van der Waals surface area contributed by atoms with E-state index < -0.39 is 5.60 Å². The van der Waals surface area contributed by atoms with Crippen molar-refractivity contribution in [3.63, 3.8) is 0 Å². The Bertz CT molecular complexity index is 402. The Balaban J connectivity index is 2.46. The van der Waals surface area contributed by atoms with E-state index in [2.05, 4.69) is 39.0 Å². The van der Waals surface area contributed by atoms with Crippen LogP contribution in [0.4, 0.5) is 0 Å². The van der Waals surface area contributed by atoms with Gasteiger partial charge >= 0.3 is 0 Å². The summed E-state index contributed by atoms with van der Waals surface area (Å²) in [6.07, 6.45) is 9.19. The molecular weight excluding hydrogens is 272 g/mol. The SMILES string of the molecule is CCCCC(O)(CCC)CCCc1cccc(OCCC)c1.